The molecule has 0 aromatic heterocycles. The molecule has 0 heterocycles. The summed E-state index contributed by atoms with van der Waals surface area (Å²) in [5.41, 5.74) is 0. The molecule has 0 radical (unpaired) electrons. The van der Waals surface area contributed by atoms with Crippen LogP contribution in [-0.4, -0.2) is 68.5 Å². The highest BCUT2D eigenvalue weighted by Crippen LogP contribution is 2.38. The van der Waals surface area contributed by atoms with Crippen LogP contribution in [0.3, 0.4) is 0 Å². The quantitative estimate of drug-likeness (QED) is 0.0279. The summed E-state index contributed by atoms with van der Waals surface area (Å²) in [5, 5.41) is 13.7. The molecule has 0 aromatic rings. The Balaban J connectivity index is 4.27. The second-order valence-electron chi connectivity index (χ2n) is 16.0. The molecule has 53 heavy (non-hydrogen) atoms. The van der Waals surface area contributed by atoms with E-state index in [0.717, 1.165) is 38.5 Å². The van der Waals surface area contributed by atoms with Crippen LogP contribution in [0.15, 0.2) is 36.5 Å². The van der Waals surface area contributed by atoms with Gasteiger partial charge < -0.3 is 28.8 Å². The van der Waals surface area contributed by atoms with E-state index in [2.05, 4.69) is 43.5 Å². The Hall–Kier alpha value is -1.28. The van der Waals surface area contributed by atoms with E-state index in [-0.39, 0.29) is 12.5 Å². The summed E-state index contributed by atoms with van der Waals surface area (Å²) in [5.74, 6) is -0.215. The van der Waals surface area contributed by atoms with E-state index in [1.807, 2.05) is 27.2 Å². The molecule has 0 spiro atoms. The van der Waals surface area contributed by atoms with Gasteiger partial charge in [0.1, 0.15) is 13.2 Å². The third kappa shape index (κ3) is 38.8. The number of amides is 1. The molecule has 0 bridgehead atoms. The van der Waals surface area contributed by atoms with Crippen molar-refractivity contribution in [1.29, 1.82) is 0 Å². The van der Waals surface area contributed by atoms with Crippen molar-refractivity contribution in [2.24, 2.45) is 0 Å². The Bertz CT molecular complexity index is 964. The molecule has 0 aliphatic carbocycles. The average molecular weight is 769 g/mol. The van der Waals surface area contributed by atoms with Gasteiger partial charge in [-0.2, -0.15) is 0 Å². The molecule has 0 rings (SSSR count). The van der Waals surface area contributed by atoms with Crippen molar-refractivity contribution >= 4 is 13.7 Å². The number of hydrogen-bond donors (Lipinski definition) is 2. The maximum atomic E-state index is 12.8. The van der Waals surface area contributed by atoms with Crippen LogP contribution in [0, 0.1) is 0 Å². The van der Waals surface area contributed by atoms with Crippen molar-refractivity contribution in [3.05, 3.63) is 36.5 Å². The first-order chi connectivity index (χ1) is 25.5. The topological polar surface area (TPSA) is 108 Å². The monoisotopic (exact) mass is 769 g/mol. The predicted molar refractivity (Wildman–Crippen MR) is 224 cm³/mol. The van der Waals surface area contributed by atoms with E-state index in [1.54, 1.807) is 6.08 Å². The van der Waals surface area contributed by atoms with Crippen molar-refractivity contribution in [3.63, 3.8) is 0 Å². The average Bonchev–Trinajstić information content (AvgIpc) is 3.10. The molecule has 1 amide bonds. The molecule has 0 aromatic carbocycles. The Morgan fingerprint density at radius 2 is 1.06 bits per heavy atom. The molecule has 0 aliphatic heterocycles. The summed E-state index contributed by atoms with van der Waals surface area (Å²) in [6.07, 6.45) is 43.5. The molecule has 3 unspecified atom stereocenters. The second-order valence-corrected chi connectivity index (χ2v) is 17.4. The van der Waals surface area contributed by atoms with Crippen molar-refractivity contribution < 1.29 is 32.9 Å². The molecule has 0 aliphatic rings. The number of quaternary nitrogens is 1. The SMILES string of the molecule is CCCCC/C=C/CC/C=C/C(O)C(COP(=O)([O-])OCC[N+](C)(C)C)NC(=O)CCCCCCCCC/C=C\CCCCCCCCCCCCC. The number of unbranched alkanes of at least 4 members (excludes halogenated alkanes) is 22. The van der Waals surface area contributed by atoms with E-state index in [1.165, 1.54) is 128 Å². The Kier molecular flexibility index (Phi) is 35.5. The lowest BCUT2D eigenvalue weighted by Gasteiger charge is -2.29. The van der Waals surface area contributed by atoms with Crippen molar-refractivity contribution in [2.45, 2.75) is 199 Å². The van der Waals surface area contributed by atoms with Crippen molar-refractivity contribution in [2.75, 3.05) is 40.9 Å². The van der Waals surface area contributed by atoms with E-state index in [9.17, 15) is 19.4 Å². The van der Waals surface area contributed by atoms with Crippen molar-refractivity contribution in [3.8, 4) is 0 Å². The van der Waals surface area contributed by atoms with Gasteiger partial charge >= 0.3 is 0 Å². The number of phosphoric ester groups is 1. The van der Waals surface area contributed by atoms with E-state index in [4.69, 9.17) is 9.05 Å². The normalized spacial score (nSPS) is 14.8. The van der Waals surface area contributed by atoms with Gasteiger partial charge in [-0.3, -0.25) is 9.36 Å². The van der Waals surface area contributed by atoms with Gasteiger partial charge in [0.2, 0.25) is 5.91 Å². The highest BCUT2D eigenvalue weighted by atomic mass is 31.2. The molecule has 0 saturated carbocycles. The first kappa shape index (κ1) is 51.7. The molecule has 3 atom stereocenters. The lowest BCUT2D eigenvalue weighted by atomic mass is 10.0. The fourth-order valence-electron chi connectivity index (χ4n) is 6.04. The van der Waals surface area contributed by atoms with Gasteiger partial charge in [-0.1, -0.05) is 159 Å². The third-order valence-electron chi connectivity index (χ3n) is 9.57. The zero-order chi connectivity index (χ0) is 39.3. The highest BCUT2D eigenvalue weighted by molar-refractivity contribution is 7.45. The van der Waals surface area contributed by atoms with Crippen LogP contribution in [0.25, 0.3) is 0 Å². The molecule has 0 fully saturated rings. The zero-order valence-corrected chi connectivity index (χ0v) is 36.1. The number of hydrogen-bond acceptors (Lipinski definition) is 6. The fourth-order valence-corrected chi connectivity index (χ4v) is 6.77. The van der Waals surface area contributed by atoms with Crippen molar-refractivity contribution in [1.82, 2.24) is 5.32 Å². The van der Waals surface area contributed by atoms with Crippen LogP contribution in [0.5, 0.6) is 0 Å². The largest absolute Gasteiger partial charge is 0.756 e. The van der Waals surface area contributed by atoms with Gasteiger partial charge in [0.25, 0.3) is 7.82 Å². The lowest BCUT2D eigenvalue weighted by molar-refractivity contribution is -0.870. The van der Waals surface area contributed by atoms with E-state index >= 15 is 0 Å². The van der Waals surface area contributed by atoms with Crippen LogP contribution in [0.1, 0.15) is 187 Å². The number of carbonyl (C=O) groups excluding carboxylic acids is 1. The Labute approximate surface area is 327 Å². The number of carbonyl (C=O) groups is 1. The first-order valence-corrected chi connectivity index (χ1v) is 23.3. The van der Waals surface area contributed by atoms with Crippen LogP contribution < -0.4 is 10.2 Å². The van der Waals surface area contributed by atoms with Gasteiger partial charge in [0, 0.05) is 6.42 Å². The highest BCUT2D eigenvalue weighted by Gasteiger charge is 2.23. The second kappa shape index (κ2) is 36.4. The summed E-state index contributed by atoms with van der Waals surface area (Å²) in [7, 11) is 1.24. The van der Waals surface area contributed by atoms with Gasteiger partial charge in [0.05, 0.1) is 39.9 Å². The number of rotatable bonds is 39. The molecule has 8 nitrogen and oxygen atoms in total. The molecular formula is C44H85N2O6P. The Morgan fingerprint density at radius 1 is 0.642 bits per heavy atom. The standard InChI is InChI=1S/C44H85N2O6P/c1-6-8-10-12-14-16-17-18-19-20-21-22-23-24-25-26-27-28-30-32-34-36-38-44(48)45-42(41-52-53(49,50)51-40-39-46(3,4)5)43(47)37-35-33-31-29-15-13-11-9-7-2/h15,23-24,29,35,37,42-43,47H,6-14,16-22,25-28,30-34,36,38-41H2,1-5H3,(H-,45,48,49,50)/b24-23-,29-15+,37-35+. The number of allylic oxidation sites excluding steroid dienone is 5. The van der Waals surface area contributed by atoms with E-state index < -0.39 is 26.6 Å². The Morgan fingerprint density at radius 3 is 1.57 bits per heavy atom. The molecule has 0 saturated heterocycles. The number of nitrogens with zero attached hydrogens (tertiary/aromatic N) is 1. The number of aliphatic hydroxyl groups excluding tert-OH is 1. The minimum absolute atomic E-state index is 0.00766. The maximum Gasteiger partial charge on any atom is 0.268 e. The van der Waals surface area contributed by atoms with Crippen LogP contribution >= 0.6 is 7.82 Å². The number of phosphoric acid groups is 1. The summed E-state index contributed by atoms with van der Waals surface area (Å²) in [6.45, 7) is 4.56. The molecule has 312 valence electrons. The number of nitrogens with one attached hydrogen (secondary N) is 1. The maximum absolute atomic E-state index is 12.8. The van der Waals surface area contributed by atoms with Crippen LogP contribution in [0.2, 0.25) is 0 Å². The molecule has 2 N–H and O–H groups in total. The predicted octanol–water partition coefficient (Wildman–Crippen LogP) is 11.3. The summed E-state index contributed by atoms with van der Waals surface area (Å²) >= 11 is 0. The lowest BCUT2D eigenvalue weighted by Crippen LogP contribution is -2.45. The summed E-state index contributed by atoms with van der Waals surface area (Å²) in [4.78, 5) is 25.2. The van der Waals surface area contributed by atoms with Crippen LogP contribution in [0.4, 0.5) is 0 Å². The smallest absolute Gasteiger partial charge is 0.268 e. The van der Waals surface area contributed by atoms with E-state index in [0.29, 0.717) is 17.4 Å². The molecular weight excluding hydrogens is 683 g/mol. The first-order valence-electron chi connectivity index (χ1n) is 21.9. The minimum atomic E-state index is -4.59. The third-order valence-corrected chi connectivity index (χ3v) is 10.5. The summed E-state index contributed by atoms with van der Waals surface area (Å²) < 4.78 is 23.1. The van der Waals surface area contributed by atoms with Gasteiger partial charge in [-0.25, -0.2) is 0 Å². The van der Waals surface area contributed by atoms with Gasteiger partial charge in [-0.05, 0) is 57.8 Å². The van der Waals surface area contributed by atoms with Crippen LogP contribution in [-0.2, 0) is 18.4 Å². The number of likely N-dealkylation sites (N-methyl/N-ethyl adjacent to an activating group) is 1. The van der Waals surface area contributed by atoms with Gasteiger partial charge in [0.15, 0.2) is 0 Å². The van der Waals surface area contributed by atoms with Gasteiger partial charge in [-0.15, -0.1) is 0 Å². The summed E-state index contributed by atoms with van der Waals surface area (Å²) in [6, 6.07) is -0.902. The molecule has 9 heteroatoms. The fraction of sp³-hybridized carbons (Fsp3) is 0.841. The minimum Gasteiger partial charge on any atom is -0.756 e. The zero-order valence-electron chi connectivity index (χ0n) is 35.2. The number of aliphatic hydroxyl groups is 1.